The number of amides is 1. The SMILES string of the molecule is CCC(CCC1(C(=O)O)CC(N)CC1O)C(CC)NC(C)=O. The summed E-state index contributed by atoms with van der Waals surface area (Å²) in [7, 11) is 0. The molecule has 1 aliphatic carbocycles. The van der Waals surface area contributed by atoms with E-state index in [1.807, 2.05) is 13.8 Å². The molecule has 128 valence electrons. The summed E-state index contributed by atoms with van der Waals surface area (Å²) < 4.78 is 0. The molecule has 6 heteroatoms. The molecule has 1 amide bonds. The molecule has 6 nitrogen and oxygen atoms in total. The van der Waals surface area contributed by atoms with Gasteiger partial charge in [0.1, 0.15) is 0 Å². The molecule has 0 aromatic rings. The van der Waals surface area contributed by atoms with E-state index in [0.29, 0.717) is 25.7 Å². The van der Waals surface area contributed by atoms with Crippen molar-refractivity contribution < 1.29 is 19.8 Å². The highest BCUT2D eigenvalue weighted by atomic mass is 16.4. The zero-order chi connectivity index (χ0) is 16.9. The van der Waals surface area contributed by atoms with E-state index in [4.69, 9.17) is 5.73 Å². The van der Waals surface area contributed by atoms with Crippen LogP contribution in [0.15, 0.2) is 0 Å². The molecule has 5 atom stereocenters. The van der Waals surface area contributed by atoms with Crippen molar-refractivity contribution in [2.45, 2.75) is 77.5 Å². The van der Waals surface area contributed by atoms with Crippen molar-refractivity contribution in [1.29, 1.82) is 0 Å². The zero-order valence-corrected chi connectivity index (χ0v) is 13.8. The number of nitrogens with two attached hydrogens (primary N) is 1. The van der Waals surface area contributed by atoms with Crippen LogP contribution >= 0.6 is 0 Å². The Morgan fingerprint density at radius 1 is 1.36 bits per heavy atom. The molecule has 0 radical (unpaired) electrons. The van der Waals surface area contributed by atoms with Gasteiger partial charge in [0, 0.05) is 19.0 Å². The molecular formula is C16H30N2O4. The average Bonchev–Trinajstić information content (AvgIpc) is 2.73. The van der Waals surface area contributed by atoms with E-state index in [1.165, 1.54) is 6.92 Å². The van der Waals surface area contributed by atoms with Crippen LogP contribution in [-0.4, -0.2) is 40.3 Å². The van der Waals surface area contributed by atoms with Crippen molar-refractivity contribution in [1.82, 2.24) is 5.32 Å². The standard InChI is InChI=1S/C16H30N2O4/c1-4-11(13(5-2)18-10(3)19)6-7-16(15(21)22)9-12(17)8-14(16)20/h11-14,20H,4-9,17H2,1-3H3,(H,18,19)(H,21,22). The number of aliphatic hydroxyl groups excluding tert-OH is 1. The molecule has 0 aromatic heterocycles. The summed E-state index contributed by atoms with van der Waals surface area (Å²) in [5.41, 5.74) is 4.71. The number of carboxylic acids is 1. The van der Waals surface area contributed by atoms with Crippen molar-refractivity contribution in [3.63, 3.8) is 0 Å². The van der Waals surface area contributed by atoms with Crippen molar-refractivity contribution in [2.75, 3.05) is 0 Å². The molecule has 1 fully saturated rings. The highest BCUT2D eigenvalue weighted by molar-refractivity contribution is 5.76. The van der Waals surface area contributed by atoms with Gasteiger partial charge < -0.3 is 21.3 Å². The fraction of sp³-hybridized carbons (Fsp3) is 0.875. The number of carbonyl (C=O) groups excluding carboxylic acids is 1. The summed E-state index contributed by atoms with van der Waals surface area (Å²) in [6.45, 7) is 5.55. The lowest BCUT2D eigenvalue weighted by molar-refractivity contribution is -0.155. The van der Waals surface area contributed by atoms with Gasteiger partial charge in [-0.15, -0.1) is 0 Å². The lowest BCUT2D eigenvalue weighted by Gasteiger charge is -2.32. The van der Waals surface area contributed by atoms with E-state index in [2.05, 4.69) is 5.32 Å². The Morgan fingerprint density at radius 3 is 2.36 bits per heavy atom. The van der Waals surface area contributed by atoms with Gasteiger partial charge in [0.05, 0.1) is 11.5 Å². The number of hydrogen-bond acceptors (Lipinski definition) is 4. The predicted octanol–water partition coefficient (Wildman–Crippen LogP) is 1.26. The average molecular weight is 314 g/mol. The van der Waals surface area contributed by atoms with Gasteiger partial charge >= 0.3 is 5.97 Å². The van der Waals surface area contributed by atoms with E-state index in [0.717, 1.165) is 12.8 Å². The van der Waals surface area contributed by atoms with E-state index in [9.17, 15) is 19.8 Å². The van der Waals surface area contributed by atoms with Crippen LogP contribution in [0.25, 0.3) is 0 Å². The minimum Gasteiger partial charge on any atom is -0.481 e. The van der Waals surface area contributed by atoms with Gasteiger partial charge in [-0.25, -0.2) is 0 Å². The maximum absolute atomic E-state index is 11.7. The molecule has 0 aromatic carbocycles. The first-order valence-corrected chi connectivity index (χ1v) is 8.20. The first-order chi connectivity index (χ1) is 10.3. The summed E-state index contributed by atoms with van der Waals surface area (Å²) in [6, 6.07) is -0.218. The molecule has 0 bridgehead atoms. The number of hydrogen-bond donors (Lipinski definition) is 4. The largest absolute Gasteiger partial charge is 0.481 e. The van der Waals surface area contributed by atoms with Crippen LogP contribution in [0.3, 0.4) is 0 Å². The molecule has 5 unspecified atom stereocenters. The highest BCUT2D eigenvalue weighted by Crippen LogP contribution is 2.43. The number of carbonyl (C=O) groups is 2. The second-order valence-electron chi connectivity index (χ2n) is 6.60. The molecule has 1 aliphatic rings. The summed E-state index contributed by atoms with van der Waals surface area (Å²) in [5, 5.41) is 22.7. The van der Waals surface area contributed by atoms with Gasteiger partial charge in [-0.2, -0.15) is 0 Å². The Balaban J connectivity index is 2.78. The fourth-order valence-corrected chi connectivity index (χ4v) is 3.75. The van der Waals surface area contributed by atoms with Crippen LogP contribution in [0.1, 0.15) is 59.3 Å². The van der Waals surface area contributed by atoms with Gasteiger partial charge in [-0.3, -0.25) is 9.59 Å². The number of rotatable bonds is 8. The van der Waals surface area contributed by atoms with E-state index in [1.54, 1.807) is 0 Å². The topological polar surface area (TPSA) is 113 Å². The van der Waals surface area contributed by atoms with Gasteiger partial charge in [0.25, 0.3) is 0 Å². The van der Waals surface area contributed by atoms with Crippen molar-refractivity contribution in [3.05, 3.63) is 0 Å². The summed E-state index contributed by atoms with van der Waals surface area (Å²) in [6.07, 6.45) is 2.48. The Kier molecular flexibility index (Phi) is 6.81. The molecule has 0 aliphatic heterocycles. The third kappa shape index (κ3) is 4.20. The first kappa shape index (κ1) is 18.9. The van der Waals surface area contributed by atoms with Crippen LogP contribution < -0.4 is 11.1 Å². The van der Waals surface area contributed by atoms with Crippen molar-refractivity contribution in [3.8, 4) is 0 Å². The van der Waals surface area contributed by atoms with E-state index < -0.39 is 17.5 Å². The molecular weight excluding hydrogens is 284 g/mol. The van der Waals surface area contributed by atoms with Crippen LogP contribution in [0.4, 0.5) is 0 Å². The summed E-state index contributed by atoms with van der Waals surface area (Å²) in [4.78, 5) is 23.0. The van der Waals surface area contributed by atoms with Crippen LogP contribution in [0, 0.1) is 11.3 Å². The lowest BCUT2D eigenvalue weighted by atomic mass is 9.76. The van der Waals surface area contributed by atoms with Gasteiger partial charge in [-0.05, 0) is 38.0 Å². The minimum absolute atomic E-state index is 0.0422. The van der Waals surface area contributed by atoms with Crippen molar-refractivity contribution in [2.24, 2.45) is 17.1 Å². The van der Waals surface area contributed by atoms with Gasteiger partial charge in [-0.1, -0.05) is 20.3 Å². The van der Waals surface area contributed by atoms with Crippen LogP contribution in [-0.2, 0) is 9.59 Å². The second kappa shape index (κ2) is 7.92. The fourth-order valence-electron chi connectivity index (χ4n) is 3.75. The first-order valence-electron chi connectivity index (χ1n) is 8.20. The summed E-state index contributed by atoms with van der Waals surface area (Å²) in [5.74, 6) is -0.828. The second-order valence-corrected chi connectivity index (χ2v) is 6.60. The molecule has 5 N–H and O–H groups in total. The Bertz CT molecular complexity index is 402. The normalized spacial score (nSPS) is 30.8. The Hall–Kier alpha value is -1.14. The molecule has 0 spiro atoms. The lowest BCUT2D eigenvalue weighted by Crippen LogP contribution is -2.42. The number of nitrogens with one attached hydrogen (secondary N) is 1. The Morgan fingerprint density at radius 2 is 2.00 bits per heavy atom. The maximum Gasteiger partial charge on any atom is 0.312 e. The monoisotopic (exact) mass is 314 g/mol. The van der Waals surface area contributed by atoms with E-state index >= 15 is 0 Å². The minimum atomic E-state index is -1.14. The van der Waals surface area contributed by atoms with Gasteiger partial charge in [0.2, 0.25) is 5.91 Å². The molecule has 1 saturated carbocycles. The van der Waals surface area contributed by atoms with E-state index in [-0.39, 0.29) is 23.9 Å². The quantitative estimate of drug-likeness (QED) is 0.539. The molecule has 0 heterocycles. The number of aliphatic carboxylic acids is 1. The Labute approximate surface area is 132 Å². The van der Waals surface area contributed by atoms with Crippen LogP contribution in [0.5, 0.6) is 0 Å². The summed E-state index contributed by atoms with van der Waals surface area (Å²) >= 11 is 0. The molecule has 1 rings (SSSR count). The number of aliphatic hydroxyl groups is 1. The number of carboxylic acid groups (broad SMARTS) is 1. The molecule has 22 heavy (non-hydrogen) atoms. The van der Waals surface area contributed by atoms with Gasteiger partial charge in [0.15, 0.2) is 0 Å². The third-order valence-corrected chi connectivity index (χ3v) is 5.10. The smallest absolute Gasteiger partial charge is 0.312 e. The van der Waals surface area contributed by atoms with Crippen LogP contribution in [0.2, 0.25) is 0 Å². The highest BCUT2D eigenvalue weighted by Gasteiger charge is 2.51. The zero-order valence-electron chi connectivity index (χ0n) is 13.8. The van der Waals surface area contributed by atoms with Crippen molar-refractivity contribution >= 4 is 11.9 Å². The predicted molar refractivity (Wildman–Crippen MR) is 84.2 cm³/mol. The maximum atomic E-state index is 11.7. The third-order valence-electron chi connectivity index (χ3n) is 5.10. The molecule has 0 saturated heterocycles.